The van der Waals surface area contributed by atoms with Crippen LogP contribution in [0, 0.1) is 5.82 Å². The summed E-state index contributed by atoms with van der Waals surface area (Å²) in [5, 5.41) is 2.85. The highest BCUT2D eigenvalue weighted by Crippen LogP contribution is 2.42. The number of benzene rings is 2. The second-order valence-corrected chi connectivity index (χ2v) is 9.51. The molecule has 2 aromatic carbocycles. The van der Waals surface area contributed by atoms with E-state index in [0.29, 0.717) is 38.2 Å². The topological polar surface area (TPSA) is 73.0 Å². The quantitative estimate of drug-likeness (QED) is 0.786. The van der Waals surface area contributed by atoms with Crippen LogP contribution in [0.3, 0.4) is 0 Å². The number of nitrogens with zero attached hydrogens (tertiary/aromatic N) is 3. The predicted molar refractivity (Wildman–Crippen MR) is 114 cm³/mol. The fraction of sp³-hybridized carbons (Fsp3) is 0.381. The Labute approximate surface area is 176 Å². The highest BCUT2D eigenvalue weighted by Gasteiger charge is 2.42. The van der Waals surface area contributed by atoms with E-state index < -0.39 is 10.2 Å². The molecule has 2 aliphatic heterocycles. The lowest BCUT2D eigenvalue weighted by molar-refractivity contribution is -0.122. The number of carbonyl (C=O) groups is 1. The van der Waals surface area contributed by atoms with E-state index in [0.717, 1.165) is 11.3 Å². The molecule has 2 heterocycles. The minimum Gasteiger partial charge on any atom is -0.351 e. The summed E-state index contributed by atoms with van der Waals surface area (Å²) < 4.78 is 41.6. The fourth-order valence-corrected chi connectivity index (χ4v) is 5.71. The molecule has 1 saturated heterocycles. The van der Waals surface area contributed by atoms with Gasteiger partial charge in [0.25, 0.3) is 0 Å². The standard InChI is InChI=1S/C21H25FN4O3S/c1-24-19-4-2-3-5-20(19)26(30(24,28)29)18-10-12-25(13-11-18)15-21(27)23-14-16-6-8-17(22)9-7-16/h2-9,18H,10-15H2,1H3,(H,23,27). The summed E-state index contributed by atoms with van der Waals surface area (Å²) >= 11 is 0. The SMILES string of the molecule is CN1c2ccccc2N(C2CCN(CC(=O)NCc3ccc(F)cc3)CC2)S1(=O)=O. The van der Waals surface area contributed by atoms with Crippen LogP contribution in [0.2, 0.25) is 0 Å². The minimum atomic E-state index is -3.57. The largest absolute Gasteiger partial charge is 0.351 e. The molecule has 2 aromatic rings. The van der Waals surface area contributed by atoms with Gasteiger partial charge in [-0.05, 0) is 42.7 Å². The van der Waals surface area contributed by atoms with Gasteiger partial charge in [0.1, 0.15) is 5.82 Å². The zero-order valence-electron chi connectivity index (χ0n) is 16.8. The van der Waals surface area contributed by atoms with Gasteiger partial charge in [-0.3, -0.25) is 14.0 Å². The number of fused-ring (bicyclic) bond motifs is 1. The molecule has 0 aliphatic carbocycles. The van der Waals surface area contributed by atoms with Gasteiger partial charge in [0.2, 0.25) is 5.91 Å². The molecule has 1 amide bonds. The lowest BCUT2D eigenvalue weighted by Crippen LogP contribution is -2.50. The summed E-state index contributed by atoms with van der Waals surface area (Å²) in [6.45, 7) is 1.90. The van der Waals surface area contributed by atoms with E-state index in [4.69, 9.17) is 0 Å². The lowest BCUT2D eigenvalue weighted by Gasteiger charge is -2.36. The van der Waals surface area contributed by atoms with Crippen molar-refractivity contribution in [2.75, 3.05) is 35.3 Å². The summed E-state index contributed by atoms with van der Waals surface area (Å²) in [5.41, 5.74) is 2.25. The number of halogens is 1. The molecule has 2 aliphatic rings. The van der Waals surface area contributed by atoms with Crippen molar-refractivity contribution in [3.63, 3.8) is 0 Å². The molecular formula is C21H25FN4O3S. The third-order valence-electron chi connectivity index (χ3n) is 5.71. The fourth-order valence-electron chi connectivity index (χ4n) is 4.06. The number of nitrogens with one attached hydrogen (secondary N) is 1. The number of piperidine rings is 1. The molecule has 0 radical (unpaired) electrons. The molecule has 0 aromatic heterocycles. The number of anilines is 2. The Bertz CT molecular complexity index is 1020. The summed E-state index contributed by atoms with van der Waals surface area (Å²) in [6, 6.07) is 13.2. The third kappa shape index (κ3) is 3.99. The zero-order chi connectivity index (χ0) is 21.3. The number of amides is 1. The van der Waals surface area contributed by atoms with Crippen molar-refractivity contribution in [1.82, 2.24) is 10.2 Å². The number of hydrogen-bond donors (Lipinski definition) is 1. The van der Waals surface area contributed by atoms with E-state index in [-0.39, 0.29) is 24.3 Å². The first-order valence-corrected chi connectivity index (χ1v) is 11.4. The molecule has 1 fully saturated rings. The van der Waals surface area contributed by atoms with Crippen molar-refractivity contribution in [1.29, 1.82) is 0 Å². The molecule has 0 spiro atoms. The van der Waals surface area contributed by atoms with Crippen LogP contribution in [0.5, 0.6) is 0 Å². The maximum Gasteiger partial charge on any atom is 0.326 e. The van der Waals surface area contributed by atoms with Crippen molar-refractivity contribution in [2.45, 2.75) is 25.4 Å². The molecule has 1 N–H and O–H groups in total. The normalized spacial score (nSPS) is 19.0. The molecule has 160 valence electrons. The van der Waals surface area contributed by atoms with Gasteiger partial charge in [-0.25, -0.2) is 8.70 Å². The van der Waals surface area contributed by atoms with Crippen molar-refractivity contribution in [2.24, 2.45) is 0 Å². The van der Waals surface area contributed by atoms with Crippen LogP contribution in [0.1, 0.15) is 18.4 Å². The van der Waals surface area contributed by atoms with Crippen molar-refractivity contribution >= 4 is 27.5 Å². The first kappa shape index (κ1) is 20.6. The van der Waals surface area contributed by atoms with E-state index in [1.165, 1.54) is 20.7 Å². The number of rotatable bonds is 5. The Morgan fingerprint density at radius 2 is 1.70 bits per heavy atom. The Balaban J connectivity index is 1.32. The van der Waals surface area contributed by atoms with Gasteiger partial charge in [0.15, 0.2) is 0 Å². The molecule has 9 heteroatoms. The van der Waals surface area contributed by atoms with E-state index in [9.17, 15) is 17.6 Å². The summed E-state index contributed by atoms with van der Waals surface area (Å²) in [7, 11) is -1.99. The van der Waals surface area contributed by atoms with Crippen LogP contribution in [0.4, 0.5) is 15.8 Å². The van der Waals surface area contributed by atoms with Crippen LogP contribution in [-0.2, 0) is 21.5 Å². The average Bonchev–Trinajstić information content (AvgIpc) is 2.94. The maximum atomic E-state index is 13.0. The highest BCUT2D eigenvalue weighted by atomic mass is 32.2. The number of para-hydroxylation sites is 2. The van der Waals surface area contributed by atoms with E-state index in [2.05, 4.69) is 5.32 Å². The Kier molecular flexibility index (Phi) is 5.66. The molecule has 4 rings (SSSR count). The number of carbonyl (C=O) groups excluding carboxylic acids is 1. The molecule has 7 nitrogen and oxygen atoms in total. The van der Waals surface area contributed by atoms with Crippen LogP contribution in [0.25, 0.3) is 0 Å². The Hall–Kier alpha value is -2.65. The number of likely N-dealkylation sites (tertiary alicyclic amines) is 1. The summed E-state index contributed by atoms with van der Waals surface area (Å²) in [5.74, 6) is -0.404. The van der Waals surface area contributed by atoms with Crippen molar-refractivity contribution < 1.29 is 17.6 Å². The van der Waals surface area contributed by atoms with Gasteiger partial charge in [0, 0.05) is 32.7 Å². The minimum absolute atomic E-state index is 0.100. The van der Waals surface area contributed by atoms with Crippen LogP contribution in [0.15, 0.2) is 48.5 Å². The molecule has 0 atom stereocenters. The third-order valence-corrected chi connectivity index (χ3v) is 7.59. The van der Waals surface area contributed by atoms with Gasteiger partial charge in [-0.1, -0.05) is 24.3 Å². The van der Waals surface area contributed by atoms with Gasteiger partial charge >= 0.3 is 10.2 Å². The van der Waals surface area contributed by atoms with Crippen LogP contribution >= 0.6 is 0 Å². The maximum absolute atomic E-state index is 13.0. The lowest BCUT2D eigenvalue weighted by atomic mass is 10.0. The van der Waals surface area contributed by atoms with E-state index in [1.807, 2.05) is 29.2 Å². The van der Waals surface area contributed by atoms with Crippen molar-refractivity contribution in [3.05, 3.63) is 59.9 Å². The predicted octanol–water partition coefficient (Wildman–Crippen LogP) is 2.11. The van der Waals surface area contributed by atoms with Gasteiger partial charge < -0.3 is 5.32 Å². The molecular weight excluding hydrogens is 407 g/mol. The van der Waals surface area contributed by atoms with E-state index >= 15 is 0 Å². The zero-order valence-corrected chi connectivity index (χ0v) is 17.6. The first-order chi connectivity index (χ1) is 14.4. The Morgan fingerprint density at radius 3 is 2.37 bits per heavy atom. The number of hydrogen-bond acceptors (Lipinski definition) is 4. The molecule has 0 unspecified atom stereocenters. The molecule has 0 saturated carbocycles. The van der Waals surface area contributed by atoms with Crippen molar-refractivity contribution in [3.8, 4) is 0 Å². The monoisotopic (exact) mass is 432 g/mol. The van der Waals surface area contributed by atoms with Crippen LogP contribution in [-0.4, -0.2) is 51.9 Å². The van der Waals surface area contributed by atoms with Crippen LogP contribution < -0.4 is 13.9 Å². The summed E-state index contributed by atoms with van der Waals surface area (Å²) in [4.78, 5) is 14.3. The van der Waals surface area contributed by atoms with Gasteiger partial charge in [-0.2, -0.15) is 8.42 Å². The smallest absolute Gasteiger partial charge is 0.326 e. The molecule has 30 heavy (non-hydrogen) atoms. The molecule has 0 bridgehead atoms. The summed E-state index contributed by atoms with van der Waals surface area (Å²) in [6.07, 6.45) is 1.32. The average molecular weight is 433 g/mol. The van der Waals surface area contributed by atoms with E-state index in [1.54, 1.807) is 19.2 Å². The van der Waals surface area contributed by atoms with Gasteiger partial charge in [0.05, 0.1) is 17.9 Å². The second-order valence-electron chi connectivity index (χ2n) is 7.67. The second kappa shape index (κ2) is 8.23. The first-order valence-electron chi connectivity index (χ1n) is 9.97. The highest BCUT2D eigenvalue weighted by molar-refractivity contribution is 7.94. The Morgan fingerprint density at radius 1 is 1.07 bits per heavy atom. The van der Waals surface area contributed by atoms with Gasteiger partial charge in [-0.15, -0.1) is 0 Å².